The van der Waals surface area contributed by atoms with E-state index in [0.717, 1.165) is 11.1 Å². The van der Waals surface area contributed by atoms with Crippen molar-refractivity contribution < 1.29 is 19.5 Å². The molecule has 5 heteroatoms. The second-order valence-electron chi connectivity index (χ2n) is 4.73. The van der Waals surface area contributed by atoms with Gasteiger partial charge in [0.1, 0.15) is 12.4 Å². The molecule has 22 heavy (non-hydrogen) atoms. The van der Waals surface area contributed by atoms with Gasteiger partial charge in [-0.25, -0.2) is 5.48 Å². The fraction of sp³-hybridized carbons (Fsp3) is 0.235. The Kier molecular flexibility index (Phi) is 5.94. The number of hydrogen-bond acceptors (Lipinski definition) is 4. The molecule has 5 nitrogen and oxygen atoms in total. The molecule has 0 spiro atoms. The van der Waals surface area contributed by atoms with E-state index in [-0.39, 0.29) is 0 Å². The molecule has 0 saturated carbocycles. The zero-order valence-electron chi connectivity index (χ0n) is 12.4. The summed E-state index contributed by atoms with van der Waals surface area (Å²) >= 11 is 0. The number of hydrogen-bond donors (Lipinski definition) is 2. The second kappa shape index (κ2) is 8.17. The Balaban J connectivity index is 2.28. The number of nitrogens with one attached hydrogen (secondary N) is 1. The summed E-state index contributed by atoms with van der Waals surface area (Å²) in [6.45, 7) is 0.922. The van der Waals surface area contributed by atoms with E-state index in [1.165, 1.54) is 0 Å². The lowest BCUT2D eigenvalue weighted by Crippen LogP contribution is -2.27. The molecular formula is C17H19NO4. The summed E-state index contributed by atoms with van der Waals surface area (Å²) in [7, 11) is 1.61. The highest BCUT2D eigenvalue weighted by atomic mass is 16.5. The summed E-state index contributed by atoms with van der Waals surface area (Å²) < 4.78 is 10.5. The fourth-order valence-electron chi connectivity index (χ4n) is 2.23. The third-order valence-corrected chi connectivity index (χ3v) is 3.25. The van der Waals surface area contributed by atoms with E-state index in [4.69, 9.17) is 14.7 Å². The van der Waals surface area contributed by atoms with Crippen LogP contribution in [-0.2, 0) is 9.53 Å². The number of carbonyl (C=O) groups is 1. The van der Waals surface area contributed by atoms with Gasteiger partial charge in [0.05, 0.1) is 12.5 Å². The van der Waals surface area contributed by atoms with Gasteiger partial charge in [0.25, 0.3) is 5.91 Å². The molecule has 2 aromatic carbocycles. The van der Waals surface area contributed by atoms with Crippen LogP contribution in [0, 0.1) is 0 Å². The van der Waals surface area contributed by atoms with Crippen LogP contribution in [0.1, 0.15) is 17.0 Å². The molecule has 1 amide bonds. The number of carbonyl (C=O) groups excluding carboxylic acids is 1. The number of hydroxylamine groups is 1. The van der Waals surface area contributed by atoms with E-state index in [1.54, 1.807) is 18.7 Å². The molecule has 2 rings (SSSR count). The van der Waals surface area contributed by atoms with Crippen LogP contribution in [0.3, 0.4) is 0 Å². The summed E-state index contributed by atoms with van der Waals surface area (Å²) in [6.07, 6.45) is 0. The fourth-order valence-corrected chi connectivity index (χ4v) is 2.23. The molecule has 0 bridgehead atoms. The maximum atomic E-state index is 12.1. The highest BCUT2D eigenvalue weighted by molar-refractivity contribution is 5.86. The minimum absolute atomic E-state index is 0.433. The van der Waals surface area contributed by atoms with E-state index < -0.39 is 11.8 Å². The molecule has 116 valence electrons. The largest absolute Gasteiger partial charge is 0.491 e. The Morgan fingerprint density at radius 3 is 2.50 bits per heavy atom. The van der Waals surface area contributed by atoms with Gasteiger partial charge in [-0.2, -0.15) is 0 Å². The van der Waals surface area contributed by atoms with Crippen molar-refractivity contribution in [2.24, 2.45) is 0 Å². The molecule has 2 aromatic rings. The quantitative estimate of drug-likeness (QED) is 0.468. The third-order valence-electron chi connectivity index (χ3n) is 3.25. The van der Waals surface area contributed by atoms with Crippen molar-refractivity contribution in [2.75, 3.05) is 20.3 Å². The predicted molar refractivity (Wildman–Crippen MR) is 82.0 cm³/mol. The Bertz CT molecular complexity index is 601. The molecular weight excluding hydrogens is 282 g/mol. The molecule has 0 saturated heterocycles. The summed E-state index contributed by atoms with van der Waals surface area (Å²) in [5.74, 6) is -0.432. The molecule has 0 heterocycles. The topological polar surface area (TPSA) is 67.8 Å². The number of benzene rings is 2. The predicted octanol–water partition coefficient (Wildman–Crippen LogP) is 2.35. The normalized spacial score (nSPS) is 11.7. The van der Waals surface area contributed by atoms with Crippen LogP contribution in [0.5, 0.6) is 5.75 Å². The minimum Gasteiger partial charge on any atom is -0.491 e. The van der Waals surface area contributed by atoms with Crippen molar-refractivity contribution in [2.45, 2.75) is 5.92 Å². The van der Waals surface area contributed by atoms with E-state index in [1.807, 2.05) is 48.5 Å². The summed E-state index contributed by atoms with van der Waals surface area (Å²) in [5, 5.41) is 9.02. The zero-order valence-corrected chi connectivity index (χ0v) is 12.4. The van der Waals surface area contributed by atoms with Gasteiger partial charge >= 0.3 is 0 Å². The number of amides is 1. The standard InChI is InChI=1S/C17H19NO4/c1-21-10-11-22-15-9-5-8-14(12-15)16(17(19)18-20)13-6-3-2-4-7-13/h2-9,12,16,20H,10-11H2,1H3,(H,18,19). The molecule has 0 radical (unpaired) electrons. The van der Waals surface area contributed by atoms with Crippen LogP contribution in [0.2, 0.25) is 0 Å². The molecule has 0 aromatic heterocycles. The highest BCUT2D eigenvalue weighted by Crippen LogP contribution is 2.27. The number of rotatable bonds is 7. The summed E-state index contributed by atoms with van der Waals surface area (Å²) in [6, 6.07) is 16.5. The van der Waals surface area contributed by atoms with Crippen molar-refractivity contribution >= 4 is 5.91 Å². The first-order chi connectivity index (χ1) is 10.8. The van der Waals surface area contributed by atoms with Gasteiger partial charge in [-0.3, -0.25) is 10.0 Å². The summed E-state index contributed by atoms with van der Waals surface area (Å²) in [5.41, 5.74) is 3.27. The van der Waals surface area contributed by atoms with Gasteiger partial charge in [0.15, 0.2) is 0 Å². The molecule has 0 fully saturated rings. The first kappa shape index (κ1) is 16.0. The van der Waals surface area contributed by atoms with Gasteiger partial charge in [-0.1, -0.05) is 42.5 Å². The lowest BCUT2D eigenvalue weighted by atomic mass is 9.90. The average molecular weight is 301 g/mol. The van der Waals surface area contributed by atoms with E-state index >= 15 is 0 Å². The molecule has 1 atom stereocenters. The van der Waals surface area contributed by atoms with Crippen LogP contribution >= 0.6 is 0 Å². The second-order valence-corrected chi connectivity index (χ2v) is 4.73. The van der Waals surface area contributed by atoms with Gasteiger partial charge in [0.2, 0.25) is 0 Å². The van der Waals surface area contributed by atoms with Crippen molar-refractivity contribution in [1.82, 2.24) is 5.48 Å². The van der Waals surface area contributed by atoms with Gasteiger partial charge in [0, 0.05) is 7.11 Å². The van der Waals surface area contributed by atoms with Crippen LogP contribution in [0.15, 0.2) is 54.6 Å². The van der Waals surface area contributed by atoms with Crippen molar-refractivity contribution in [3.8, 4) is 5.75 Å². The summed E-state index contributed by atoms with van der Waals surface area (Å²) in [4.78, 5) is 12.1. The van der Waals surface area contributed by atoms with E-state index in [9.17, 15) is 4.79 Å². The lowest BCUT2D eigenvalue weighted by molar-refractivity contribution is -0.129. The number of ether oxygens (including phenoxy) is 2. The molecule has 0 aliphatic carbocycles. The molecule has 0 aliphatic rings. The highest BCUT2D eigenvalue weighted by Gasteiger charge is 2.22. The molecule has 2 N–H and O–H groups in total. The minimum atomic E-state index is -0.600. The Hall–Kier alpha value is -2.37. The van der Waals surface area contributed by atoms with Gasteiger partial charge < -0.3 is 9.47 Å². The van der Waals surface area contributed by atoms with Crippen LogP contribution in [0.25, 0.3) is 0 Å². The Morgan fingerprint density at radius 1 is 1.09 bits per heavy atom. The first-order valence-electron chi connectivity index (χ1n) is 6.97. The maximum Gasteiger partial charge on any atom is 0.255 e. The van der Waals surface area contributed by atoms with Crippen molar-refractivity contribution in [1.29, 1.82) is 0 Å². The SMILES string of the molecule is COCCOc1cccc(C(C(=O)NO)c2ccccc2)c1. The van der Waals surface area contributed by atoms with E-state index in [2.05, 4.69) is 0 Å². The van der Waals surface area contributed by atoms with Crippen LogP contribution < -0.4 is 10.2 Å². The van der Waals surface area contributed by atoms with Crippen molar-refractivity contribution in [3.05, 3.63) is 65.7 Å². The first-order valence-corrected chi connectivity index (χ1v) is 6.97. The maximum absolute atomic E-state index is 12.1. The van der Waals surface area contributed by atoms with Crippen molar-refractivity contribution in [3.63, 3.8) is 0 Å². The Morgan fingerprint density at radius 2 is 1.82 bits per heavy atom. The smallest absolute Gasteiger partial charge is 0.255 e. The van der Waals surface area contributed by atoms with E-state index in [0.29, 0.717) is 19.0 Å². The number of methoxy groups -OCH3 is 1. The van der Waals surface area contributed by atoms with Crippen LogP contribution in [-0.4, -0.2) is 31.4 Å². The Labute approximate surface area is 129 Å². The lowest BCUT2D eigenvalue weighted by Gasteiger charge is -2.17. The molecule has 0 aliphatic heterocycles. The molecule has 1 unspecified atom stereocenters. The monoisotopic (exact) mass is 301 g/mol. The average Bonchev–Trinajstić information content (AvgIpc) is 2.56. The van der Waals surface area contributed by atoms with Gasteiger partial charge in [-0.15, -0.1) is 0 Å². The van der Waals surface area contributed by atoms with Gasteiger partial charge in [-0.05, 0) is 23.3 Å². The van der Waals surface area contributed by atoms with Crippen LogP contribution in [0.4, 0.5) is 0 Å². The third kappa shape index (κ3) is 4.07. The zero-order chi connectivity index (χ0) is 15.8.